The van der Waals surface area contributed by atoms with Gasteiger partial charge >= 0.3 is 0 Å². The predicted octanol–water partition coefficient (Wildman–Crippen LogP) is 4.36. The number of hydrogen-bond acceptors (Lipinski definition) is 2. The van der Waals surface area contributed by atoms with E-state index in [0.29, 0.717) is 16.5 Å². The van der Waals surface area contributed by atoms with E-state index in [4.69, 9.17) is 16.3 Å². The average molecular weight is 304 g/mol. The van der Waals surface area contributed by atoms with Gasteiger partial charge in [-0.15, -0.1) is 0 Å². The Morgan fingerprint density at radius 1 is 1.10 bits per heavy atom. The molecule has 1 amide bonds. The highest BCUT2D eigenvalue weighted by molar-refractivity contribution is 6.30. The van der Waals surface area contributed by atoms with Crippen LogP contribution in [0.15, 0.2) is 42.5 Å². The summed E-state index contributed by atoms with van der Waals surface area (Å²) in [5, 5.41) is 3.43. The van der Waals surface area contributed by atoms with E-state index in [0.717, 1.165) is 11.1 Å². The van der Waals surface area contributed by atoms with Crippen molar-refractivity contribution in [1.29, 1.82) is 0 Å². The number of anilines is 1. The summed E-state index contributed by atoms with van der Waals surface area (Å²) < 4.78 is 5.70. The maximum Gasteiger partial charge on any atom is 0.265 e. The van der Waals surface area contributed by atoms with Gasteiger partial charge < -0.3 is 10.1 Å². The molecule has 2 aromatic carbocycles. The second kappa shape index (κ2) is 6.64. The largest absolute Gasteiger partial charge is 0.481 e. The van der Waals surface area contributed by atoms with Crippen LogP contribution in [-0.4, -0.2) is 12.0 Å². The fraction of sp³-hybridized carbons (Fsp3) is 0.235. The zero-order valence-corrected chi connectivity index (χ0v) is 13.1. The molecule has 0 saturated heterocycles. The zero-order chi connectivity index (χ0) is 15.4. The fourth-order valence-electron chi connectivity index (χ4n) is 2.04. The summed E-state index contributed by atoms with van der Waals surface area (Å²) in [6, 6.07) is 12.9. The van der Waals surface area contributed by atoms with Gasteiger partial charge in [-0.1, -0.05) is 17.7 Å². The number of carbonyl (C=O) groups excluding carboxylic acids is 1. The zero-order valence-electron chi connectivity index (χ0n) is 12.3. The van der Waals surface area contributed by atoms with Crippen LogP contribution in [0.4, 0.5) is 5.69 Å². The molecule has 1 N–H and O–H groups in total. The average Bonchev–Trinajstić information content (AvgIpc) is 2.40. The molecule has 21 heavy (non-hydrogen) atoms. The van der Waals surface area contributed by atoms with Crippen LogP contribution in [0.3, 0.4) is 0 Å². The van der Waals surface area contributed by atoms with Crippen LogP contribution in [0.1, 0.15) is 18.1 Å². The second-order valence-electron chi connectivity index (χ2n) is 5.08. The van der Waals surface area contributed by atoms with Crippen molar-refractivity contribution in [3.05, 3.63) is 58.6 Å². The molecular formula is C17H18ClNO2. The molecule has 0 aliphatic carbocycles. The van der Waals surface area contributed by atoms with Crippen molar-refractivity contribution in [2.75, 3.05) is 5.32 Å². The molecule has 0 bridgehead atoms. The third kappa shape index (κ3) is 4.50. The summed E-state index contributed by atoms with van der Waals surface area (Å²) in [4.78, 5) is 12.1. The Balaban J connectivity index is 2.00. The van der Waals surface area contributed by atoms with Crippen molar-refractivity contribution in [2.24, 2.45) is 0 Å². The van der Waals surface area contributed by atoms with Gasteiger partial charge in [0.1, 0.15) is 5.75 Å². The van der Waals surface area contributed by atoms with E-state index < -0.39 is 6.10 Å². The van der Waals surface area contributed by atoms with Crippen LogP contribution < -0.4 is 10.1 Å². The van der Waals surface area contributed by atoms with E-state index in [1.165, 1.54) is 0 Å². The van der Waals surface area contributed by atoms with E-state index >= 15 is 0 Å². The number of aryl methyl sites for hydroxylation is 2. The van der Waals surface area contributed by atoms with Gasteiger partial charge in [0.15, 0.2) is 6.10 Å². The maximum absolute atomic E-state index is 12.1. The Hall–Kier alpha value is -2.00. The Kier molecular flexibility index (Phi) is 4.86. The van der Waals surface area contributed by atoms with E-state index in [1.54, 1.807) is 31.2 Å². The van der Waals surface area contributed by atoms with E-state index in [1.807, 2.05) is 26.0 Å². The molecule has 0 heterocycles. The Labute approximate surface area is 129 Å². The normalized spacial score (nSPS) is 11.8. The second-order valence-corrected chi connectivity index (χ2v) is 5.52. The van der Waals surface area contributed by atoms with Crippen molar-refractivity contribution < 1.29 is 9.53 Å². The van der Waals surface area contributed by atoms with Gasteiger partial charge in [0.05, 0.1) is 0 Å². The first-order valence-corrected chi connectivity index (χ1v) is 7.13. The van der Waals surface area contributed by atoms with Gasteiger partial charge in [-0.05, 0) is 68.3 Å². The highest BCUT2D eigenvalue weighted by Crippen LogP contribution is 2.18. The number of carbonyl (C=O) groups is 1. The van der Waals surface area contributed by atoms with Crippen molar-refractivity contribution in [3.8, 4) is 5.75 Å². The van der Waals surface area contributed by atoms with Crippen LogP contribution in [0.5, 0.6) is 5.75 Å². The molecule has 0 aromatic heterocycles. The minimum Gasteiger partial charge on any atom is -0.481 e. The molecule has 1 atom stereocenters. The highest BCUT2D eigenvalue weighted by atomic mass is 35.5. The summed E-state index contributed by atoms with van der Waals surface area (Å²) in [7, 11) is 0. The van der Waals surface area contributed by atoms with Crippen molar-refractivity contribution >= 4 is 23.2 Å². The lowest BCUT2D eigenvalue weighted by molar-refractivity contribution is -0.122. The first-order valence-electron chi connectivity index (χ1n) is 6.75. The van der Waals surface area contributed by atoms with Gasteiger partial charge in [-0.3, -0.25) is 4.79 Å². The Morgan fingerprint density at radius 3 is 2.24 bits per heavy atom. The summed E-state index contributed by atoms with van der Waals surface area (Å²) in [5.41, 5.74) is 2.91. The fourth-order valence-corrected chi connectivity index (χ4v) is 2.16. The van der Waals surface area contributed by atoms with Crippen molar-refractivity contribution in [3.63, 3.8) is 0 Å². The lowest BCUT2D eigenvalue weighted by Gasteiger charge is -2.15. The number of ether oxygens (including phenoxy) is 1. The summed E-state index contributed by atoms with van der Waals surface area (Å²) in [5.74, 6) is 0.503. The van der Waals surface area contributed by atoms with E-state index in [9.17, 15) is 4.79 Å². The van der Waals surface area contributed by atoms with E-state index in [-0.39, 0.29) is 5.91 Å². The number of amides is 1. The summed E-state index contributed by atoms with van der Waals surface area (Å²) in [6.07, 6.45) is -0.582. The number of hydrogen-bond donors (Lipinski definition) is 1. The number of halogens is 1. The molecule has 0 unspecified atom stereocenters. The summed E-state index contributed by atoms with van der Waals surface area (Å²) >= 11 is 5.81. The molecule has 0 fully saturated rings. The molecule has 0 saturated carbocycles. The minimum absolute atomic E-state index is 0.198. The maximum atomic E-state index is 12.1. The van der Waals surface area contributed by atoms with Crippen molar-refractivity contribution in [1.82, 2.24) is 0 Å². The SMILES string of the molecule is Cc1cc(C)cc(O[C@H](C)C(=O)Nc2ccc(Cl)cc2)c1. The Bertz CT molecular complexity index is 617. The van der Waals surface area contributed by atoms with Gasteiger partial charge in [0, 0.05) is 10.7 Å². The highest BCUT2D eigenvalue weighted by Gasteiger charge is 2.15. The number of rotatable bonds is 4. The third-order valence-corrected chi connectivity index (χ3v) is 3.24. The first kappa shape index (κ1) is 15.4. The van der Waals surface area contributed by atoms with Crippen molar-refractivity contribution in [2.45, 2.75) is 26.9 Å². The quantitative estimate of drug-likeness (QED) is 0.911. The third-order valence-electron chi connectivity index (χ3n) is 2.99. The number of nitrogens with one attached hydrogen (secondary N) is 1. The lowest BCUT2D eigenvalue weighted by atomic mass is 10.1. The van der Waals surface area contributed by atoms with Crippen LogP contribution in [-0.2, 0) is 4.79 Å². The molecule has 0 spiro atoms. The number of benzene rings is 2. The molecule has 0 aliphatic heterocycles. The van der Waals surface area contributed by atoms with Gasteiger partial charge in [0.25, 0.3) is 5.91 Å². The molecule has 0 radical (unpaired) electrons. The summed E-state index contributed by atoms with van der Waals surface area (Å²) in [6.45, 7) is 5.72. The molecule has 3 nitrogen and oxygen atoms in total. The Morgan fingerprint density at radius 2 is 1.67 bits per heavy atom. The molecule has 2 rings (SSSR count). The predicted molar refractivity (Wildman–Crippen MR) is 86.1 cm³/mol. The minimum atomic E-state index is -0.582. The standard InChI is InChI=1S/C17H18ClNO2/c1-11-8-12(2)10-16(9-11)21-13(3)17(20)19-15-6-4-14(18)5-7-15/h4-10,13H,1-3H3,(H,19,20)/t13-/m1/s1. The van der Waals surface area contributed by atoms with Crippen LogP contribution in [0, 0.1) is 13.8 Å². The van der Waals surface area contributed by atoms with Gasteiger partial charge in [-0.25, -0.2) is 0 Å². The molecule has 4 heteroatoms. The smallest absolute Gasteiger partial charge is 0.265 e. The molecular weight excluding hydrogens is 286 g/mol. The lowest BCUT2D eigenvalue weighted by Crippen LogP contribution is -2.30. The monoisotopic (exact) mass is 303 g/mol. The topological polar surface area (TPSA) is 38.3 Å². The van der Waals surface area contributed by atoms with Crippen LogP contribution in [0.2, 0.25) is 5.02 Å². The van der Waals surface area contributed by atoms with Crippen LogP contribution >= 0.6 is 11.6 Å². The van der Waals surface area contributed by atoms with E-state index in [2.05, 4.69) is 11.4 Å². The first-order chi connectivity index (χ1) is 9.94. The molecule has 0 aliphatic rings. The van der Waals surface area contributed by atoms with Crippen LogP contribution in [0.25, 0.3) is 0 Å². The molecule has 110 valence electrons. The molecule has 2 aromatic rings. The van der Waals surface area contributed by atoms with Gasteiger partial charge in [0.2, 0.25) is 0 Å². The van der Waals surface area contributed by atoms with Gasteiger partial charge in [-0.2, -0.15) is 0 Å².